The number of nitrogens with two attached hydrogens (primary N) is 1. The Hall–Kier alpha value is -1.40. The van der Waals surface area contributed by atoms with E-state index in [4.69, 9.17) is 10.6 Å². The van der Waals surface area contributed by atoms with E-state index in [1.165, 1.54) is 19.3 Å². The smallest absolute Gasteiger partial charge is 0.158 e. The number of anilines is 2. The Labute approximate surface area is 101 Å². The van der Waals surface area contributed by atoms with Crippen LogP contribution in [0.3, 0.4) is 0 Å². The van der Waals surface area contributed by atoms with E-state index in [-0.39, 0.29) is 0 Å². The number of nitrogen functional groups attached to an aromatic ring is 1. The molecule has 2 heterocycles. The second-order valence-corrected chi connectivity index (χ2v) is 4.15. The average molecular weight is 237 g/mol. The number of aromatic nitrogens is 2. The van der Waals surface area contributed by atoms with Gasteiger partial charge >= 0.3 is 0 Å². The summed E-state index contributed by atoms with van der Waals surface area (Å²) in [6, 6.07) is 1.88. The zero-order chi connectivity index (χ0) is 12.1. The Morgan fingerprint density at radius 3 is 2.76 bits per heavy atom. The van der Waals surface area contributed by atoms with Gasteiger partial charge in [0.2, 0.25) is 0 Å². The summed E-state index contributed by atoms with van der Waals surface area (Å²) in [6.45, 7) is 2.50. The van der Waals surface area contributed by atoms with E-state index in [2.05, 4.69) is 20.3 Å². The van der Waals surface area contributed by atoms with Gasteiger partial charge in [-0.15, -0.1) is 0 Å². The van der Waals surface area contributed by atoms with Crippen molar-refractivity contribution in [3.8, 4) is 0 Å². The molecule has 0 atom stereocenters. The number of ether oxygens (including phenoxy) is 1. The summed E-state index contributed by atoms with van der Waals surface area (Å²) >= 11 is 0. The van der Waals surface area contributed by atoms with Crippen molar-refractivity contribution in [2.75, 3.05) is 30.5 Å². The molecule has 1 aromatic rings. The molecule has 3 N–H and O–H groups in total. The number of methoxy groups -OCH3 is 1. The molecule has 1 aliphatic heterocycles. The lowest BCUT2D eigenvalue weighted by Crippen LogP contribution is -2.30. The first kappa shape index (κ1) is 12.1. The zero-order valence-corrected chi connectivity index (χ0v) is 10.1. The summed E-state index contributed by atoms with van der Waals surface area (Å²) in [4.78, 5) is 11.0. The molecule has 94 valence electrons. The minimum absolute atomic E-state index is 0.399. The zero-order valence-electron chi connectivity index (χ0n) is 10.1. The second kappa shape index (κ2) is 5.79. The molecule has 0 bridgehead atoms. The highest BCUT2D eigenvalue weighted by Gasteiger charge is 2.14. The van der Waals surface area contributed by atoms with Crippen LogP contribution in [0, 0.1) is 0 Å². The van der Waals surface area contributed by atoms with Gasteiger partial charge in [-0.1, -0.05) is 0 Å². The monoisotopic (exact) mass is 237 g/mol. The molecule has 2 rings (SSSR count). The Kier molecular flexibility index (Phi) is 4.11. The largest absolute Gasteiger partial charge is 0.377 e. The fourth-order valence-corrected chi connectivity index (χ4v) is 2.04. The third-order valence-corrected chi connectivity index (χ3v) is 2.86. The van der Waals surface area contributed by atoms with Crippen molar-refractivity contribution in [1.82, 2.24) is 9.97 Å². The lowest BCUT2D eigenvalue weighted by Gasteiger charge is -2.28. The lowest BCUT2D eigenvalue weighted by molar-refractivity contribution is 0.178. The van der Waals surface area contributed by atoms with Gasteiger partial charge in [0, 0.05) is 26.3 Å². The van der Waals surface area contributed by atoms with Gasteiger partial charge in [-0.05, 0) is 19.3 Å². The average Bonchev–Trinajstić information content (AvgIpc) is 2.40. The Balaban J connectivity index is 2.21. The molecule has 0 aromatic carbocycles. The topological polar surface area (TPSA) is 76.3 Å². The van der Waals surface area contributed by atoms with E-state index in [0.29, 0.717) is 18.2 Å². The number of nitrogens with zero attached hydrogens (tertiary/aromatic N) is 3. The fraction of sp³-hybridized carbons (Fsp3) is 0.636. The molecule has 0 aliphatic carbocycles. The van der Waals surface area contributed by atoms with Crippen molar-refractivity contribution in [2.45, 2.75) is 25.9 Å². The van der Waals surface area contributed by atoms with Gasteiger partial charge in [-0.2, -0.15) is 0 Å². The van der Waals surface area contributed by atoms with Gasteiger partial charge in [0.05, 0.1) is 0 Å². The van der Waals surface area contributed by atoms with Gasteiger partial charge in [0.15, 0.2) is 5.82 Å². The fourth-order valence-electron chi connectivity index (χ4n) is 2.04. The Bertz CT molecular complexity index is 365. The summed E-state index contributed by atoms with van der Waals surface area (Å²) in [5, 5.41) is 0. The first-order valence-corrected chi connectivity index (χ1v) is 5.92. The summed E-state index contributed by atoms with van der Waals surface area (Å²) in [7, 11) is 1.63. The summed E-state index contributed by atoms with van der Waals surface area (Å²) < 4.78 is 5.06. The minimum Gasteiger partial charge on any atom is -0.377 e. The van der Waals surface area contributed by atoms with Crippen LogP contribution in [0.2, 0.25) is 0 Å². The van der Waals surface area contributed by atoms with Crippen molar-refractivity contribution in [3.63, 3.8) is 0 Å². The highest BCUT2D eigenvalue weighted by atomic mass is 16.5. The van der Waals surface area contributed by atoms with Crippen LogP contribution in [-0.2, 0) is 11.3 Å². The van der Waals surface area contributed by atoms with Crippen LogP contribution in [0.4, 0.5) is 11.6 Å². The van der Waals surface area contributed by atoms with Crippen LogP contribution in [-0.4, -0.2) is 30.2 Å². The number of piperidine rings is 1. The molecular formula is C11H19N5O. The second-order valence-electron chi connectivity index (χ2n) is 4.15. The molecule has 1 saturated heterocycles. The standard InChI is InChI=1S/C11H19N5O/c1-17-8-10-13-9(15-12)7-11(14-10)16-5-3-2-4-6-16/h7H,2-6,8,12H2,1H3,(H,13,14,15). The normalized spacial score (nSPS) is 16.0. The van der Waals surface area contributed by atoms with Gasteiger partial charge in [-0.3, -0.25) is 0 Å². The summed E-state index contributed by atoms with van der Waals surface area (Å²) in [5.74, 6) is 7.63. The van der Waals surface area contributed by atoms with Gasteiger partial charge < -0.3 is 15.1 Å². The number of hydrazine groups is 1. The van der Waals surface area contributed by atoms with Crippen molar-refractivity contribution in [1.29, 1.82) is 0 Å². The lowest BCUT2D eigenvalue weighted by atomic mass is 10.1. The molecule has 0 radical (unpaired) electrons. The first-order valence-electron chi connectivity index (χ1n) is 5.92. The van der Waals surface area contributed by atoms with E-state index in [9.17, 15) is 0 Å². The molecule has 0 saturated carbocycles. The Morgan fingerprint density at radius 2 is 2.12 bits per heavy atom. The SMILES string of the molecule is COCc1nc(NN)cc(N2CCCCC2)n1. The first-order chi connectivity index (χ1) is 8.33. The maximum atomic E-state index is 5.41. The molecule has 1 aromatic heterocycles. The van der Waals surface area contributed by atoms with Crippen LogP contribution in [0.15, 0.2) is 6.07 Å². The van der Waals surface area contributed by atoms with Crippen LogP contribution in [0.1, 0.15) is 25.1 Å². The van der Waals surface area contributed by atoms with Crippen LogP contribution in [0.5, 0.6) is 0 Å². The van der Waals surface area contributed by atoms with Crippen molar-refractivity contribution in [3.05, 3.63) is 11.9 Å². The molecule has 6 heteroatoms. The third kappa shape index (κ3) is 3.04. The number of hydrogen-bond donors (Lipinski definition) is 2. The highest BCUT2D eigenvalue weighted by Crippen LogP contribution is 2.20. The molecule has 6 nitrogen and oxygen atoms in total. The minimum atomic E-state index is 0.399. The maximum Gasteiger partial charge on any atom is 0.158 e. The van der Waals surface area contributed by atoms with E-state index >= 15 is 0 Å². The van der Waals surface area contributed by atoms with Crippen molar-refractivity contribution < 1.29 is 4.74 Å². The van der Waals surface area contributed by atoms with E-state index in [1.807, 2.05) is 6.07 Å². The molecule has 0 unspecified atom stereocenters. The van der Waals surface area contributed by atoms with Crippen molar-refractivity contribution >= 4 is 11.6 Å². The molecule has 17 heavy (non-hydrogen) atoms. The van der Waals surface area contributed by atoms with Gasteiger partial charge in [0.1, 0.15) is 18.2 Å². The Morgan fingerprint density at radius 1 is 1.35 bits per heavy atom. The molecule has 0 amide bonds. The maximum absolute atomic E-state index is 5.41. The quantitative estimate of drug-likeness (QED) is 0.598. The number of rotatable bonds is 4. The highest BCUT2D eigenvalue weighted by molar-refractivity contribution is 5.49. The number of hydrogen-bond acceptors (Lipinski definition) is 6. The van der Waals surface area contributed by atoms with E-state index < -0.39 is 0 Å². The van der Waals surface area contributed by atoms with Crippen LogP contribution in [0.25, 0.3) is 0 Å². The third-order valence-electron chi connectivity index (χ3n) is 2.86. The van der Waals surface area contributed by atoms with Crippen molar-refractivity contribution in [2.24, 2.45) is 5.84 Å². The predicted octanol–water partition coefficient (Wildman–Crippen LogP) is 0.899. The molecule has 1 fully saturated rings. The summed E-state index contributed by atoms with van der Waals surface area (Å²) in [5.41, 5.74) is 2.57. The van der Waals surface area contributed by atoms with Crippen LogP contribution >= 0.6 is 0 Å². The van der Waals surface area contributed by atoms with E-state index in [1.54, 1.807) is 7.11 Å². The molecule has 1 aliphatic rings. The number of nitrogens with one attached hydrogen (secondary N) is 1. The molecule has 0 spiro atoms. The van der Waals surface area contributed by atoms with E-state index in [0.717, 1.165) is 18.9 Å². The summed E-state index contributed by atoms with van der Waals surface area (Å²) in [6.07, 6.45) is 3.73. The predicted molar refractivity (Wildman–Crippen MR) is 66.6 cm³/mol. The molecular weight excluding hydrogens is 218 g/mol. The van der Waals surface area contributed by atoms with Gasteiger partial charge in [0.25, 0.3) is 0 Å². The van der Waals surface area contributed by atoms with Crippen LogP contribution < -0.4 is 16.2 Å². The van der Waals surface area contributed by atoms with Gasteiger partial charge in [-0.25, -0.2) is 15.8 Å².